The zero-order valence-electron chi connectivity index (χ0n) is 9.01. The summed E-state index contributed by atoms with van der Waals surface area (Å²) in [6.45, 7) is 2.03. The molecule has 0 radical (unpaired) electrons. The number of benzene rings is 1. The van der Waals surface area contributed by atoms with Crippen molar-refractivity contribution in [1.82, 2.24) is 5.32 Å². The summed E-state index contributed by atoms with van der Waals surface area (Å²) >= 11 is 0. The molecule has 2 nitrogen and oxygen atoms in total. The van der Waals surface area contributed by atoms with Crippen LogP contribution in [-0.2, 0) is 11.3 Å². The summed E-state index contributed by atoms with van der Waals surface area (Å²) < 4.78 is 31.5. The maximum absolute atomic E-state index is 13.3. The van der Waals surface area contributed by atoms with Gasteiger partial charge in [0.1, 0.15) is 11.6 Å². The van der Waals surface area contributed by atoms with Crippen molar-refractivity contribution in [2.75, 3.05) is 13.1 Å². The Morgan fingerprint density at radius 3 is 2.94 bits per heavy atom. The molecule has 1 aliphatic heterocycles. The second-order valence-electron chi connectivity index (χ2n) is 4.02. The van der Waals surface area contributed by atoms with Crippen LogP contribution in [0.3, 0.4) is 0 Å². The van der Waals surface area contributed by atoms with Gasteiger partial charge >= 0.3 is 0 Å². The Labute approximate surface area is 93.6 Å². The summed E-state index contributed by atoms with van der Waals surface area (Å²) in [7, 11) is 0. The maximum Gasteiger partial charge on any atom is 0.131 e. The van der Waals surface area contributed by atoms with E-state index in [1.165, 1.54) is 12.1 Å². The number of ether oxygens (including phenoxy) is 1. The van der Waals surface area contributed by atoms with E-state index in [0.717, 1.165) is 32.0 Å². The third kappa shape index (κ3) is 3.00. The standard InChI is InChI=1S/C12H15F2NO/c13-10-4-3-9(12(14)6-10)8-16-11-2-1-5-15-7-11/h3-4,6,11,15H,1-2,5,7-8H2/t11-/m1/s1. The summed E-state index contributed by atoms with van der Waals surface area (Å²) in [5, 5.41) is 3.22. The predicted octanol–water partition coefficient (Wildman–Crippen LogP) is 2.23. The minimum Gasteiger partial charge on any atom is -0.372 e. The number of hydrogen-bond acceptors (Lipinski definition) is 2. The second-order valence-corrected chi connectivity index (χ2v) is 4.02. The first-order valence-corrected chi connectivity index (χ1v) is 5.52. The molecule has 16 heavy (non-hydrogen) atoms. The van der Waals surface area contributed by atoms with Gasteiger partial charge in [-0.1, -0.05) is 6.07 Å². The number of halogens is 2. The zero-order valence-corrected chi connectivity index (χ0v) is 9.01. The molecular weight excluding hydrogens is 212 g/mol. The van der Waals surface area contributed by atoms with E-state index >= 15 is 0 Å². The van der Waals surface area contributed by atoms with Crippen LogP contribution < -0.4 is 5.32 Å². The van der Waals surface area contributed by atoms with Crippen molar-refractivity contribution in [2.24, 2.45) is 0 Å². The molecule has 1 heterocycles. The maximum atomic E-state index is 13.3. The van der Waals surface area contributed by atoms with Gasteiger partial charge < -0.3 is 10.1 Å². The van der Waals surface area contributed by atoms with Crippen molar-refractivity contribution in [3.8, 4) is 0 Å². The lowest BCUT2D eigenvalue weighted by Crippen LogP contribution is -2.35. The molecule has 1 fully saturated rings. The summed E-state index contributed by atoms with van der Waals surface area (Å²) in [5.41, 5.74) is 0.409. The van der Waals surface area contributed by atoms with Crippen molar-refractivity contribution >= 4 is 0 Å². The first kappa shape index (κ1) is 11.5. The largest absolute Gasteiger partial charge is 0.372 e. The molecule has 0 unspecified atom stereocenters. The molecule has 1 atom stereocenters. The lowest BCUT2D eigenvalue weighted by molar-refractivity contribution is 0.0239. The fraction of sp³-hybridized carbons (Fsp3) is 0.500. The molecule has 1 saturated heterocycles. The van der Waals surface area contributed by atoms with Gasteiger partial charge in [0.25, 0.3) is 0 Å². The smallest absolute Gasteiger partial charge is 0.131 e. The van der Waals surface area contributed by atoms with Crippen molar-refractivity contribution in [3.05, 3.63) is 35.4 Å². The van der Waals surface area contributed by atoms with Crippen LogP contribution in [0.4, 0.5) is 8.78 Å². The molecule has 0 aliphatic carbocycles. The SMILES string of the molecule is Fc1ccc(CO[C@@H]2CCCNC2)c(F)c1. The number of hydrogen-bond donors (Lipinski definition) is 1. The summed E-state index contributed by atoms with van der Waals surface area (Å²) in [4.78, 5) is 0. The fourth-order valence-electron chi connectivity index (χ4n) is 1.81. The molecule has 0 bridgehead atoms. The highest BCUT2D eigenvalue weighted by atomic mass is 19.1. The van der Waals surface area contributed by atoms with Crippen LogP contribution in [0.5, 0.6) is 0 Å². The number of nitrogens with one attached hydrogen (secondary N) is 1. The molecule has 0 amide bonds. The predicted molar refractivity (Wildman–Crippen MR) is 57.0 cm³/mol. The molecule has 0 aromatic heterocycles. The van der Waals surface area contributed by atoms with E-state index in [-0.39, 0.29) is 12.7 Å². The molecular formula is C12H15F2NO. The van der Waals surface area contributed by atoms with Gasteiger partial charge in [-0.3, -0.25) is 0 Å². The van der Waals surface area contributed by atoms with Crippen LogP contribution in [0.1, 0.15) is 18.4 Å². The zero-order chi connectivity index (χ0) is 11.4. The minimum atomic E-state index is -0.555. The summed E-state index contributed by atoms with van der Waals surface area (Å²) in [6, 6.07) is 3.57. The molecule has 4 heteroatoms. The Kier molecular flexibility index (Phi) is 3.85. The average molecular weight is 227 g/mol. The van der Waals surface area contributed by atoms with Crippen molar-refractivity contribution in [3.63, 3.8) is 0 Å². The van der Waals surface area contributed by atoms with Gasteiger partial charge in [0.2, 0.25) is 0 Å². The van der Waals surface area contributed by atoms with Crippen LogP contribution in [0, 0.1) is 11.6 Å². The first-order chi connectivity index (χ1) is 7.75. The lowest BCUT2D eigenvalue weighted by atomic mass is 10.1. The molecule has 0 spiro atoms. The highest BCUT2D eigenvalue weighted by Crippen LogP contribution is 2.13. The van der Waals surface area contributed by atoms with Gasteiger partial charge in [-0.15, -0.1) is 0 Å². The van der Waals surface area contributed by atoms with E-state index in [1.54, 1.807) is 0 Å². The van der Waals surface area contributed by atoms with Crippen molar-refractivity contribution in [2.45, 2.75) is 25.6 Å². The molecule has 2 rings (SSSR count). The third-order valence-corrected chi connectivity index (χ3v) is 2.74. The van der Waals surface area contributed by atoms with E-state index < -0.39 is 11.6 Å². The Hall–Kier alpha value is -1.00. The van der Waals surface area contributed by atoms with Gasteiger partial charge in [-0.25, -0.2) is 8.78 Å². The topological polar surface area (TPSA) is 21.3 Å². The van der Waals surface area contributed by atoms with Crippen molar-refractivity contribution < 1.29 is 13.5 Å². The van der Waals surface area contributed by atoms with E-state index in [4.69, 9.17) is 4.74 Å². The lowest BCUT2D eigenvalue weighted by Gasteiger charge is -2.23. The molecule has 1 N–H and O–H groups in total. The molecule has 1 aromatic carbocycles. The van der Waals surface area contributed by atoms with Gasteiger partial charge in [0, 0.05) is 18.2 Å². The van der Waals surface area contributed by atoms with Crippen molar-refractivity contribution in [1.29, 1.82) is 0 Å². The van der Waals surface area contributed by atoms with E-state index in [0.29, 0.717) is 5.56 Å². The Morgan fingerprint density at radius 2 is 2.25 bits per heavy atom. The summed E-state index contributed by atoms with van der Waals surface area (Å²) in [6.07, 6.45) is 2.21. The average Bonchev–Trinajstić information content (AvgIpc) is 2.29. The Balaban J connectivity index is 1.88. The van der Waals surface area contributed by atoms with Crippen LogP contribution in [0.15, 0.2) is 18.2 Å². The van der Waals surface area contributed by atoms with Crippen LogP contribution >= 0.6 is 0 Å². The van der Waals surface area contributed by atoms with E-state index in [1.807, 2.05) is 0 Å². The fourth-order valence-corrected chi connectivity index (χ4v) is 1.81. The van der Waals surface area contributed by atoms with Gasteiger partial charge in [0.05, 0.1) is 12.7 Å². The second kappa shape index (κ2) is 5.37. The normalized spacial score (nSPS) is 21.0. The summed E-state index contributed by atoms with van der Waals surface area (Å²) in [5.74, 6) is -1.09. The molecule has 1 aliphatic rings. The molecule has 1 aromatic rings. The Morgan fingerprint density at radius 1 is 1.38 bits per heavy atom. The Bertz CT molecular complexity index is 351. The first-order valence-electron chi connectivity index (χ1n) is 5.52. The molecule has 88 valence electrons. The molecule has 0 saturated carbocycles. The third-order valence-electron chi connectivity index (χ3n) is 2.74. The highest BCUT2D eigenvalue weighted by Gasteiger charge is 2.14. The number of rotatable bonds is 3. The van der Waals surface area contributed by atoms with Gasteiger partial charge in [0.15, 0.2) is 0 Å². The van der Waals surface area contributed by atoms with Gasteiger partial charge in [-0.2, -0.15) is 0 Å². The van der Waals surface area contributed by atoms with Crippen LogP contribution in [0.2, 0.25) is 0 Å². The van der Waals surface area contributed by atoms with Gasteiger partial charge in [-0.05, 0) is 25.5 Å². The van der Waals surface area contributed by atoms with Crippen LogP contribution in [-0.4, -0.2) is 19.2 Å². The monoisotopic (exact) mass is 227 g/mol. The van der Waals surface area contributed by atoms with E-state index in [2.05, 4.69) is 5.32 Å². The van der Waals surface area contributed by atoms with E-state index in [9.17, 15) is 8.78 Å². The number of piperidine rings is 1. The van der Waals surface area contributed by atoms with Crippen LogP contribution in [0.25, 0.3) is 0 Å². The minimum absolute atomic E-state index is 0.137. The quantitative estimate of drug-likeness (QED) is 0.855. The highest BCUT2D eigenvalue weighted by molar-refractivity contribution is 5.17.